The van der Waals surface area contributed by atoms with E-state index in [1.54, 1.807) is 24.1 Å². The van der Waals surface area contributed by atoms with Gasteiger partial charge in [-0.25, -0.2) is 13.1 Å². The van der Waals surface area contributed by atoms with E-state index in [9.17, 15) is 31.2 Å². The smallest absolute Gasteiger partial charge is 0.408 e. The van der Waals surface area contributed by atoms with E-state index in [2.05, 4.69) is 21.6 Å². The number of amides is 2. The molecule has 298 valence electrons. The van der Waals surface area contributed by atoms with Crippen molar-refractivity contribution in [2.24, 2.45) is 0 Å². The maximum Gasteiger partial charge on any atom is 0.408 e. The molecule has 3 fully saturated rings. The summed E-state index contributed by atoms with van der Waals surface area (Å²) in [6.45, 7) is 5.78. The molecule has 1 N–H and O–H groups in total. The second kappa shape index (κ2) is 14.4. The summed E-state index contributed by atoms with van der Waals surface area (Å²) < 4.78 is 79.1. The maximum absolute atomic E-state index is 14.5. The van der Waals surface area contributed by atoms with Crippen LogP contribution >= 0.6 is 0 Å². The number of nitrogens with one attached hydrogen (secondary N) is 1. The number of fused-ring (bicyclic) bond motifs is 7. The molecule has 2 atom stereocenters. The van der Waals surface area contributed by atoms with E-state index in [1.165, 1.54) is 20.0 Å². The Labute approximate surface area is 324 Å². The quantitative estimate of drug-likeness (QED) is 0.193. The van der Waals surface area contributed by atoms with Crippen molar-refractivity contribution >= 4 is 44.4 Å². The summed E-state index contributed by atoms with van der Waals surface area (Å²) in [6, 6.07) is 11.0. The Morgan fingerprint density at radius 1 is 1.02 bits per heavy atom. The second-order valence-electron chi connectivity index (χ2n) is 15.8. The number of benzene rings is 2. The van der Waals surface area contributed by atoms with Crippen molar-refractivity contribution in [3.05, 3.63) is 70.5 Å². The lowest BCUT2D eigenvalue weighted by atomic mass is 9.81. The third-order valence-corrected chi connectivity index (χ3v) is 13.8. The van der Waals surface area contributed by atoms with Gasteiger partial charge in [0, 0.05) is 47.2 Å². The van der Waals surface area contributed by atoms with E-state index >= 15 is 0 Å². The number of alkyl halides is 3. The maximum atomic E-state index is 14.5. The lowest BCUT2D eigenvalue weighted by molar-refractivity contribution is -0.142. The number of halogens is 3. The van der Waals surface area contributed by atoms with Crippen LogP contribution in [0.3, 0.4) is 0 Å². The molecule has 1 aliphatic carbocycles. The van der Waals surface area contributed by atoms with Crippen molar-refractivity contribution < 1.29 is 35.9 Å². The molecule has 8 rings (SSSR count). The number of carbonyl (C=O) groups excluding carboxylic acids is 2. The van der Waals surface area contributed by atoms with Crippen LogP contribution in [0.4, 0.5) is 13.2 Å². The largest absolute Gasteiger partial charge is 0.497 e. The standard InChI is InChI=1S/C41H47F3N6O5S/c1-5-47-21-30-18-29(47)22-48(30)40(52)34-19-45-50(23-41(42,43)44)37(34)28-15-27-16-31(55-4)12-14-32(27)38-36(25-9-7-6-8-10-25)33-13-11-26(17-35(33)49(38)20-28)39(51)46-56(53,54)24(2)3/h11-17,19,24-25,29-30H,5-10,18,20-23H2,1-4H3,(H,46,51)/t29-,30-/m1/s1. The highest BCUT2D eigenvalue weighted by Crippen LogP contribution is 2.48. The van der Waals surface area contributed by atoms with Gasteiger partial charge in [0.25, 0.3) is 11.8 Å². The van der Waals surface area contributed by atoms with E-state index < -0.39 is 33.9 Å². The van der Waals surface area contributed by atoms with Gasteiger partial charge in [0.1, 0.15) is 12.3 Å². The molecule has 0 unspecified atom stereocenters. The summed E-state index contributed by atoms with van der Waals surface area (Å²) in [5.74, 6) is -0.399. The molecule has 2 aromatic heterocycles. The van der Waals surface area contributed by atoms with Gasteiger partial charge in [0.2, 0.25) is 10.0 Å². The number of sulfonamides is 1. The highest BCUT2D eigenvalue weighted by Gasteiger charge is 2.46. The third-order valence-electron chi connectivity index (χ3n) is 12.1. The van der Waals surface area contributed by atoms with Crippen LogP contribution in [0, 0.1) is 0 Å². The molecule has 3 aliphatic heterocycles. The van der Waals surface area contributed by atoms with Crippen LogP contribution in [0.5, 0.6) is 5.75 Å². The first-order valence-electron chi connectivity index (χ1n) is 19.5. The Morgan fingerprint density at radius 2 is 1.79 bits per heavy atom. The normalized spacial score (nSPS) is 20.3. The molecule has 2 aromatic carbocycles. The highest BCUT2D eigenvalue weighted by molar-refractivity contribution is 7.90. The molecule has 56 heavy (non-hydrogen) atoms. The number of likely N-dealkylation sites (tertiary alicyclic amines) is 2. The van der Waals surface area contributed by atoms with Gasteiger partial charge in [0.05, 0.1) is 42.1 Å². The molecule has 4 aromatic rings. The minimum absolute atomic E-state index is 0.0403. The predicted octanol–water partition coefficient (Wildman–Crippen LogP) is 7.06. The molecule has 4 aliphatic rings. The van der Waals surface area contributed by atoms with Crippen molar-refractivity contribution in [3.63, 3.8) is 0 Å². The van der Waals surface area contributed by atoms with Gasteiger partial charge in [-0.3, -0.25) is 19.2 Å². The number of carbonyl (C=O) groups is 2. The zero-order chi connectivity index (χ0) is 39.7. The number of hydrogen-bond acceptors (Lipinski definition) is 7. The number of aromatic nitrogens is 3. The lowest BCUT2D eigenvalue weighted by Gasteiger charge is -2.33. The SMILES string of the molecule is CCN1C[C@H]2C[C@@H]1CN2C(=O)c1cnn(CC(F)(F)F)c1C1=Cc2cc(OC)ccc2-c2c(C3CCCCC3)c3ccc(C(=O)NS(=O)(=O)C(C)C)cc3n2C1. The Morgan fingerprint density at radius 3 is 2.45 bits per heavy atom. The van der Waals surface area contributed by atoms with Crippen LogP contribution in [-0.2, 0) is 23.1 Å². The Bertz CT molecular complexity index is 2360. The van der Waals surface area contributed by atoms with Crippen LogP contribution in [0.1, 0.15) is 103 Å². The van der Waals surface area contributed by atoms with E-state index in [1.807, 2.05) is 34.9 Å². The monoisotopic (exact) mass is 792 g/mol. The van der Waals surface area contributed by atoms with E-state index in [4.69, 9.17) is 4.74 Å². The number of methoxy groups -OCH3 is 1. The Hall–Kier alpha value is -4.63. The molecule has 1 saturated carbocycles. The molecule has 15 heteroatoms. The molecule has 2 bridgehead atoms. The van der Waals surface area contributed by atoms with Crippen molar-refractivity contribution in [2.45, 2.75) is 102 Å². The lowest BCUT2D eigenvalue weighted by Crippen LogP contribution is -2.48. The number of ether oxygens (including phenoxy) is 1. The molecule has 2 amide bonds. The summed E-state index contributed by atoms with van der Waals surface area (Å²) >= 11 is 0. The van der Waals surface area contributed by atoms with Gasteiger partial charge in [0.15, 0.2) is 0 Å². The van der Waals surface area contributed by atoms with E-state index in [0.29, 0.717) is 35.5 Å². The fraction of sp³-hybridized carbons (Fsp3) is 0.488. The first-order chi connectivity index (χ1) is 26.7. The van der Waals surface area contributed by atoms with Crippen molar-refractivity contribution in [3.8, 4) is 17.0 Å². The first-order valence-corrected chi connectivity index (χ1v) is 21.0. The highest BCUT2D eigenvalue weighted by atomic mass is 32.2. The average Bonchev–Trinajstić information content (AvgIpc) is 3.93. The summed E-state index contributed by atoms with van der Waals surface area (Å²) in [4.78, 5) is 32.1. The van der Waals surface area contributed by atoms with Gasteiger partial charge >= 0.3 is 6.18 Å². The number of likely N-dealkylation sites (N-methyl/N-ethyl adjacent to an activating group) is 1. The molecule has 11 nitrogen and oxygen atoms in total. The number of nitrogens with zero attached hydrogens (tertiary/aromatic N) is 5. The molecular formula is C41H47F3N6O5S. The number of hydrogen-bond donors (Lipinski definition) is 1. The fourth-order valence-electron chi connectivity index (χ4n) is 9.34. The summed E-state index contributed by atoms with van der Waals surface area (Å²) in [7, 11) is -2.38. The minimum atomic E-state index is -4.63. The Balaban J connectivity index is 1.34. The van der Waals surface area contributed by atoms with Crippen LogP contribution in [0.15, 0.2) is 42.6 Å². The zero-order valence-electron chi connectivity index (χ0n) is 32.0. The molecule has 0 spiro atoms. The van der Waals surface area contributed by atoms with E-state index in [0.717, 1.165) is 72.0 Å². The van der Waals surface area contributed by atoms with Gasteiger partial charge in [-0.1, -0.05) is 32.3 Å². The number of allylic oxidation sites excluding steroid dienone is 1. The third kappa shape index (κ3) is 6.80. The van der Waals surface area contributed by atoms with Crippen LogP contribution < -0.4 is 9.46 Å². The number of piperazine rings is 1. The van der Waals surface area contributed by atoms with Crippen LogP contribution in [0.2, 0.25) is 0 Å². The topological polar surface area (TPSA) is 119 Å². The van der Waals surface area contributed by atoms with Gasteiger partial charge in [-0.2, -0.15) is 18.3 Å². The van der Waals surface area contributed by atoms with Crippen LogP contribution in [-0.4, -0.2) is 94.6 Å². The minimum Gasteiger partial charge on any atom is -0.497 e. The van der Waals surface area contributed by atoms with Gasteiger partial charge < -0.3 is 14.2 Å². The van der Waals surface area contributed by atoms with Gasteiger partial charge in [-0.15, -0.1) is 0 Å². The van der Waals surface area contributed by atoms with Gasteiger partial charge in [-0.05, 0) is 98.7 Å². The Kier molecular flexibility index (Phi) is 9.83. The molecule has 0 radical (unpaired) electrons. The first kappa shape index (κ1) is 38.3. The van der Waals surface area contributed by atoms with Crippen molar-refractivity contribution in [1.29, 1.82) is 0 Å². The predicted molar refractivity (Wildman–Crippen MR) is 208 cm³/mol. The number of rotatable bonds is 9. The van der Waals surface area contributed by atoms with Crippen molar-refractivity contribution in [1.82, 2.24) is 28.9 Å². The van der Waals surface area contributed by atoms with Crippen molar-refractivity contribution in [2.75, 3.05) is 26.7 Å². The van der Waals surface area contributed by atoms with Crippen LogP contribution in [0.25, 0.3) is 33.8 Å². The summed E-state index contributed by atoms with van der Waals surface area (Å²) in [6.07, 6.45) is 4.38. The molecular weight excluding hydrogens is 746 g/mol. The summed E-state index contributed by atoms with van der Waals surface area (Å²) in [5, 5.41) is 4.27. The fourth-order valence-corrected chi connectivity index (χ4v) is 9.95. The zero-order valence-corrected chi connectivity index (χ0v) is 32.8. The van der Waals surface area contributed by atoms with E-state index in [-0.39, 0.29) is 47.3 Å². The summed E-state index contributed by atoms with van der Waals surface area (Å²) in [5.41, 5.74) is 4.88. The molecule has 2 saturated heterocycles. The molecule has 5 heterocycles. The second-order valence-corrected chi connectivity index (χ2v) is 18.1. The average molecular weight is 793 g/mol.